The maximum Gasteiger partial charge on any atom is 0.222 e. The van der Waals surface area contributed by atoms with Gasteiger partial charge < -0.3 is 14.2 Å². The van der Waals surface area contributed by atoms with E-state index in [2.05, 4.69) is 22.5 Å². The van der Waals surface area contributed by atoms with Crippen LogP contribution in [0.3, 0.4) is 0 Å². The highest BCUT2D eigenvalue weighted by Gasteiger charge is 2.24. The molecule has 1 aliphatic rings. The molecule has 0 radical (unpaired) electrons. The lowest BCUT2D eigenvalue weighted by atomic mass is 9.98. The highest BCUT2D eigenvalue weighted by molar-refractivity contribution is 5.76. The van der Waals surface area contributed by atoms with Crippen LogP contribution in [0.4, 0.5) is 0 Å². The fourth-order valence-corrected chi connectivity index (χ4v) is 3.55. The summed E-state index contributed by atoms with van der Waals surface area (Å²) in [6.07, 6.45) is 7.43. The molecule has 26 heavy (non-hydrogen) atoms. The monoisotopic (exact) mass is 355 g/mol. The standard InChI is InChI=1S/C21H29N3O2/c1-17-7-3-4-9-20(17)26-16-19-8-5-13-24(15-19)21(25)10-6-12-23-14-11-22-18(23)2/h3-4,7,9,11,14,19H,5-6,8,10,12-13,15-16H2,1-2H3/t19-/m0/s1. The Morgan fingerprint density at radius 3 is 2.92 bits per heavy atom. The first kappa shape index (κ1) is 18.5. The second-order valence-electron chi connectivity index (χ2n) is 7.20. The fourth-order valence-electron chi connectivity index (χ4n) is 3.55. The molecule has 2 aromatic rings. The summed E-state index contributed by atoms with van der Waals surface area (Å²) in [6.45, 7) is 7.28. The van der Waals surface area contributed by atoms with E-state index < -0.39 is 0 Å². The molecule has 0 unspecified atom stereocenters. The Balaban J connectivity index is 1.43. The Kier molecular flexibility index (Phi) is 6.31. The van der Waals surface area contributed by atoms with Crippen molar-refractivity contribution in [1.82, 2.24) is 14.5 Å². The molecule has 1 aliphatic heterocycles. The van der Waals surface area contributed by atoms with E-state index in [1.807, 2.05) is 36.2 Å². The first-order valence-electron chi connectivity index (χ1n) is 9.57. The molecule has 0 saturated carbocycles. The highest BCUT2D eigenvalue weighted by Crippen LogP contribution is 2.21. The van der Waals surface area contributed by atoms with E-state index in [4.69, 9.17) is 4.74 Å². The van der Waals surface area contributed by atoms with Crippen molar-refractivity contribution in [1.29, 1.82) is 0 Å². The van der Waals surface area contributed by atoms with E-state index in [1.54, 1.807) is 6.20 Å². The zero-order valence-electron chi connectivity index (χ0n) is 15.9. The van der Waals surface area contributed by atoms with Gasteiger partial charge in [-0.05, 0) is 44.7 Å². The predicted molar refractivity (Wildman–Crippen MR) is 102 cm³/mol. The molecule has 3 rings (SSSR count). The van der Waals surface area contributed by atoms with Crippen molar-refractivity contribution >= 4 is 5.91 Å². The zero-order valence-corrected chi connectivity index (χ0v) is 15.9. The van der Waals surface area contributed by atoms with Crippen LogP contribution >= 0.6 is 0 Å². The number of amides is 1. The molecule has 1 aromatic heterocycles. The van der Waals surface area contributed by atoms with Crippen LogP contribution in [-0.2, 0) is 11.3 Å². The molecule has 2 heterocycles. The fraction of sp³-hybridized carbons (Fsp3) is 0.524. The van der Waals surface area contributed by atoms with Gasteiger partial charge >= 0.3 is 0 Å². The van der Waals surface area contributed by atoms with Gasteiger partial charge in [0, 0.05) is 44.4 Å². The van der Waals surface area contributed by atoms with Crippen LogP contribution in [-0.4, -0.2) is 40.1 Å². The Bertz CT molecular complexity index is 726. The molecule has 0 spiro atoms. The Morgan fingerprint density at radius 2 is 2.15 bits per heavy atom. The maximum absolute atomic E-state index is 12.5. The molecule has 1 saturated heterocycles. The van der Waals surface area contributed by atoms with Crippen molar-refractivity contribution in [2.45, 2.75) is 46.1 Å². The summed E-state index contributed by atoms with van der Waals surface area (Å²) >= 11 is 0. The van der Waals surface area contributed by atoms with Crippen molar-refractivity contribution < 1.29 is 9.53 Å². The maximum atomic E-state index is 12.5. The molecular weight excluding hydrogens is 326 g/mol. The molecule has 0 aliphatic carbocycles. The van der Waals surface area contributed by atoms with Gasteiger partial charge in [0.15, 0.2) is 0 Å². The van der Waals surface area contributed by atoms with Gasteiger partial charge in [-0.25, -0.2) is 4.98 Å². The SMILES string of the molecule is Cc1ccccc1OC[C@H]1CCCN(C(=O)CCCn2ccnc2C)C1. The number of aromatic nitrogens is 2. The summed E-state index contributed by atoms with van der Waals surface area (Å²) in [4.78, 5) is 18.8. The summed E-state index contributed by atoms with van der Waals surface area (Å²) in [5, 5.41) is 0. The molecule has 0 bridgehead atoms. The molecule has 1 fully saturated rings. The third-order valence-electron chi connectivity index (χ3n) is 5.15. The first-order chi connectivity index (χ1) is 12.6. The van der Waals surface area contributed by atoms with E-state index in [0.29, 0.717) is 18.9 Å². The molecule has 0 N–H and O–H groups in total. The van der Waals surface area contributed by atoms with E-state index in [-0.39, 0.29) is 5.91 Å². The molecule has 5 nitrogen and oxygen atoms in total. The second kappa shape index (κ2) is 8.88. The lowest BCUT2D eigenvalue weighted by molar-refractivity contribution is -0.133. The number of carbonyl (C=O) groups excluding carboxylic acids is 1. The molecular formula is C21H29N3O2. The number of para-hydroxylation sites is 1. The quantitative estimate of drug-likeness (QED) is 0.762. The third-order valence-corrected chi connectivity index (χ3v) is 5.15. The predicted octanol–water partition coefficient (Wildman–Crippen LogP) is 3.60. The zero-order chi connectivity index (χ0) is 18.4. The highest BCUT2D eigenvalue weighted by atomic mass is 16.5. The van der Waals surface area contributed by atoms with Gasteiger partial charge in [-0.2, -0.15) is 0 Å². The van der Waals surface area contributed by atoms with E-state index in [9.17, 15) is 4.79 Å². The molecule has 1 atom stereocenters. The Labute approximate surface area is 156 Å². The van der Waals surface area contributed by atoms with E-state index >= 15 is 0 Å². The van der Waals surface area contributed by atoms with Crippen LogP contribution in [0.1, 0.15) is 37.1 Å². The molecule has 1 aromatic carbocycles. The molecule has 1 amide bonds. The number of aryl methyl sites for hydroxylation is 3. The third kappa shape index (κ3) is 4.87. The largest absolute Gasteiger partial charge is 0.493 e. The van der Waals surface area contributed by atoms with Gasteiger partial charge in [-0.1, -0.05) is 18.2 Å². The minimum absolute atomic E-state index is 0.267. The number of likely N-dealkylation sites (tertiary alicyclic amines) is 1. The van der Waals surface area contributed by atoms with Gasteiger partial charge in [0.05, 0.1) is 6.61 Å². The number of nitrogens with zero attached hydrogens (tertiary/aromatic N) is 3. The summed E-state index contributed by atoms with van der Waals surface area (Å²) in [5.41, 5.74) is 1.16. The summed E-state index contributed by atoms with van der Waals surface area (Å²) in [6, 6.07) is 8.10. The number of imidazole rings is 1. The van der Waals surface area contributed by atoms with Gasteiger partial charge in [0.1, 0.15) is 11.6 Å². The van der Waals surface area contributed by atoms with Crippen LogP contribution in [0.25, 0.3) is 0 Å². The average Bonchev–Trinajstić information content (AvgIpc) is 3.06. The van der Waals surface area contributed by atoms with Crippen molar-refractivity contribution in [2.75, 3.05) is 19.7 Å². The summed E-state index contributed by atoms with van der Waals surface area (Å²) in [7, 11) is 0. The summed E-state index contributed by atoms with van der Waals surface area (Å²) in [5.74, 6) is 2.64. The number of hydrogen-bond acceptors (Lipinski definition) is 3. The van der Waals surface area contributed by atoms with Crippen LogP contribution in [0.2, 0.25) is 0 Å². The van der Waals surface area contributed by atoms with Gasteiger partial charge in [0.25, 0.3) is 0 Å². The number of benzene rings is 1. The van der Waals surface area contributed by atoms with Gasteiger partial charge in [0.2, 0.25) is 5.91 Å². The van der Waals surface area contributed by atoms with Crippen molar-refractivity contribution in [3.05, 3.63) is 48.0 Å². The van der Waals surface area contributed by atoms with Gasteiger partial charge in [-0.3, -0.25) is 4.79 Å². The minimum Gasteiger partial charge on any atom is -0.493 e. The van der Waals surface area contributed by atoms with Crippen molar-refractivity contribution in [3.63, 3.8) is 0 Å². The minimum atomic E-state index is 0.267. The van der Waals surface area contributed by atoms with Crippen molar-refractivity contribution in [3.8, 4) is 5.75 Å². The topological polar surface area (TPSA) is 47.4 Å². The summed E-state index contributed by atoms with van der Waals surface area (Å²) < 4.78 is 8.10. The smallest absolute Gasteiger partial charge is 0.222 e. The van der Waals surface area contributed by atoms with Gasteiger partial charge in [-0.15, -0.1) is 0 Å². The Morgan fingerprint density at radius 1 is 1.31 bits per heavy atom. The molecule has 140 valence electrons. The number of rotatable bonds is 7. The lowest BCUT2D eigenvalue weighted by Crippen LogP contribution is -2.41. The van der Waals surface area contributed by atoms with E-state index in [1.165, 1.54) is 0 Å². The van der Waals surface area contributed by atoms with Crippen LogP contribution in [0, 0.1) is 19.8 Å². The van der Waals surface area contributed by atoms with Crippen LogP contribution < -0.4 is 4.74 Å². The number of carbonyl (C=O) groups is 1. The second-order valence-corrected chi connectivity index (χ2v) is 7.20. The first-order valence-corrected chi connectivity index (χ1v) is 9.57. The number of ether oxygens (including phenoxy) is 1. The van der Waals surface area contributed by atoms with E-state index in [0.717, 1.165) is 56.0 Å². The number of piperidine rings is 1. The van der Waals surface area contributed by atoms with Crippen LogP contribution in [0.5, 0.6) is 5.75 Å². The van der Waals surface area contributed by atoms with Crippen molar-refractivity contribution in [2.24, 2.45) is 5.92 Å². The Hall–Kier alpha value is -2.30. The molecule has 5 heteroatoms. The average molecular weight is 355 g/mol. The lowest BCUT2D eigenvalue weighted by Gasteiger charge is -2.33. The van der Waals surface area contributed by atoms with Crippen LogP contribution in [0.15, 0.2) is 36.7 Å². The normalized spacial score (nSPS) is 17.3. The number of hydrogen-bond donors (Lipinski definition) is 0.